The summed E-state index contributed by atoms with van der Waals surface area (Å²) in [5.74, 6) is 2.13. The van der Waals surface area contributed by atoms with E-state index in [1.807, 2.05) is 11.7 Å². The van der Waals surface area contributed by atoms with Gasteiger partial charge in [-0.05, 0) is 24.7 Å². The van der Waals surface area contributed by atoms with Crippen molar-refractivity contribution in [2.45, 2.75) is 32.6 Å². The average Bonchev–Trinajstić information content (AvgIpc) is 2.67. The van der Waals surface area contributed by atoms with Crippen LogP contribution in [0.15, 0.2) is 0 Å². The van der Waals surface area contributed by atoms with E-state index in [1.54, 1.807) is 7.11 Å². The number of hydrogen-bond donors (Lipinski definition) is 1. The fourth-order valence-corrected chi connectivity index (χ4v) is 2.90. The Morgan fingerprint density at radius 3 is 2.47 bits per heavy atom. The maximum Gasteiger partial charge on any atom is 0.150 e. The molecule has 108 valence electrons. The van der Waals surface area contributed by atoms with Crippen LogP contribution in [0.25, 0.3) is 0 Å². The van der Waals surface area contributed by atoms with Gasteiger partial charge >= 0.3 is 0 Å². The summed E-state index contributed by atoms with van der Waals surface area (Å²) in [6.07, 6.45) is 2.32. The van der Waals surface area contributed by atoms with Crippen LogP contribution in [0.5, 0.6) is 0 Å². The fourth-order valence-electron chi connectivity index (χ4n) is 2.90. The Morgan fingerprint density at radius 2 is 2.00 bits per heavy atom. The van der Waals surface area contributed by atoms with Gasteiger partial charge in [-0.3, -0.25) is 4.68 Å². The van der Waals surface area contributed by atoms with Gasteiger partial charge in [0.2, 0.25) is 0 Å². The minimum Gasteiger partial charge on any atom is -0.394 e. The van der Waals surface area contributed by atoms with E-state index in [9.17, 15) is 0 Å². The number of aryl methyl sites for hydroxylation is 1. The summed E-state index contributed by atoms with van der Waals surface area (Å²) < 4.78 is 7.18. The zero-order valence-corrected chi connectivity index (χ0v) is 12.5. The Balaban J connectivity index is 2.11. The normalized spacial score (nSPS) is 17.4. The van der Waals surface area contributed by atoms with Crippen molar-refractivity contribution in [2.24, 2.45) is 13.0 Å². The quantitative estimate of drug-likeness (QED) is 0.905. The van der Waals surface area contributed by atoms with Crippen LogP contribution in [0.2, 0.25) is 0 Å². The number of nitrogen functional groups attached to an aromatic ring is 1. The molecule has 0 bridgehead atoms. The lowest BCUT2D eigenvalue weighted by molar-refractivity contribution is 0.139. The Bertz CT molecular complexity index is 419. The van der Waals surface area contributed by atoms with Crippen LogP contribution >= 0.6 is 0 Å². The molecule has 0 aromatic carbocycles. The van der Waals surface area contributed by atoms with E-state index in [-0.39, 0.29) is 0 Å². The third kappa shape index (κ3) is 2.86. The molecule has 1 fully saturated rings. The molecule has 5 heteroatoms. The van der Waals surface area contributed by atoms with Crippen molar-refractivity contribution in [1.29, 1.82) is 0 Å². The summed E-state index contributed by atoms with van der Waals surface area (Å²) in [6.45, 7) is 7.21. The van der Waals surface area contributed by atoms with Crippen molar-refractivity contribution >= 4 is 11.5 Å². The molecule has 0 radical (unpaired) electrons. The first-order valence-corrected chi connectivity index (χ1v) is 7.10. The van der Waals surface area contributed by atoms with Crippen molar-refractivity contribution in [3.05, 3.63) is 5.69 Å². The van der Waals surface area contributed by atoms with Crippen molar-refractivity contribution in [1.82, 2.24) is 9.78 Å². The molecule has 2 heterocycles. The maximum absolute atomic E-state index is 6.28. The molecule has 0 saturated carbocycles. The zero-order chi connectivity index (χ0) is 14.0. The molecule has 0 atom stereocenters. The molecule has 0 unspecified atom stereocenters. The van der Waals surface area contributed by atoms with Crippen LogP contribution in [0, 0.1) is 5.92 Å². The summed E-state index contributed by atoms with van der Waals surface area (Å²) in [7, 11) is 3.76. The van der Waals surface area contributed by atoms with Crippen molar-refractivity contribution < 1.29 is 4.74 Å². The highest BCUT2D eigenvalue weighted by molar-refractivity contribution is 5.67. The van der Waals surface area contributed by atoms with E-state index in [4.69, 9.17) is 10.5 Å². The third-order valence-electron chi connectivity index (χ3n) is 3.94. The van der Waals surface area contributed by atoms with Crippen molar-refractivity contribution in [2.75, 3.05) is 37.4 Å². The van der Waals surface area contributed by atoms with E-state index >= 15 is 0 Å². The van der Waals surface area contributed by atoms with Crippen LogP contribution in [-0.4, -0.2) is 36.6 Å². The van der Waals surface area contributed by atoms with Gasteiger partial charge in [-0.1, -0.05) is 13.8 Å². The second-order valence-electron chi connectivity index (χ2n) is 5.79. The Hall–Kier alpha value is -1.23. The summed E-state index contributed by atoms with van der Waals surface area (Å²) in [6, 6.07) is 0. The predicted molar refractivity (Wildman–Crippen MR) is 78.5 cm³/mol. The summed E-state index contributed by atoms with van der Waals surface area (Å²) >= 11 is 0. The number of rotatable bonds is 4. The number of aromatic nitrogens is 2. The smallest absolute Gasteiger partial charge is 0.150 e. The van der Waals surface area contributed by atoms with E-state index in [0.717, 1.165) is 49.7 Å². The van der Waals surface area contributed by atoms with Gasteiger partial charge in [0.05, 0.1) is 11.4 Å². The van der Waals surface area contributed by atoms with Crippen LogP contribution in [0.1, 0.15) is 38.3 Å². The van der Waals surface area contributed by atoms with Gasteiger partial charge in [0, 0.05) is 33.9 Å². The lowest BCUT2D eigenvalue weighted by Crippen LogP contribution is -2.36. The maximum atomic E-state index is 6.28. The Kier molecular flexibility index (Phi) is 4.34. The van der Waals surface area contributed by atoms with Crippen molar-refractivity contribution in [3.63, 3.8) is 0 Å². The highest BCUT2D eigenvalue weighted by atomic mass is 16.5. The lowest BCUT2D eigenvalue weighted by Gasteiger charge is -2.33. The number of nitrogens with two attached hydrogens (primary N) is 1. The molecule has 1 aromatic rings. The van der Waals surface area contributed by atoms with Crippen LogP contribution in [0.4, 0.5) is 11.5 Å². The molecule has 1 aliphatic rings. The fraction of sp³-hybridized carbons (Fsp3) is 0.786. The average molecular weight is 266 g/mol. The summed E-state index contributed by atoms with van der Waals surface area (Å²) in [5, 5.41) is 4.57. The molecule has 0 amide bonds. The minimum absolute atomic E-state index is 0.367. The molecule has 2 rings (SSSR count). The first kappa shape index (κ1) is 14.2. The topological polar surface area (TPSA) is 56.3 Å². The molecule has 19 heavy (non-hydrogen) atoms. The summed E-state index contributed by atoms with van der Waals surface area (Å²) in [5.41, 5.74) is 8.14. The largest absolute Gasteiger partial charge is 0.394 e. The monoisotopic (exact) mass is 266 g/mol. The van der Waals surface area contributed by atoms with Crippen molar-refractivity contribution in [3.8, 4) is 0 Å². The first-order valence-electron chi connectivity index (χ1n) is 7.10. The van der Waals surface area contributed by atoms with E-state index in [2.05, 4.69) is 23.8 Å². The number of ether oxygens (including phenoxy) is 1. The van der Waals surface area contributed by atoms with Gasteiger partial charge in [-0.25, -0.2) is 0 Å². The van der Waals surface area contributed by atoms with Gasteiger partial charge in [-0.15, -0.1) is 0 Å². The molecular formula is C14H26N4O. The van der Waals surface area contributed by atoms with E-state index in [1.165, 1.54) is 0 Å². The number of hydrogen-bond acceptors (Lipinski definition) is 4. The highest BCUT2D eigenvalue weighted by Gasteiger charge is 2.25. The SMILES string of the molecule is COCC1CCN(c2c(N)c(C(C)C)nn2C)CC1. The minimum atomic E-state index is 0.367. The second kappa shape index (κ2) is 5.82. The molecule has 5 nitrogen and oxygen atoms in total. The summed E-state index contributed by atoms with van der Waals surface area (Å²) in [4.78, 5) is 2.36. The standard InChI is InChI=1S/C14H26N4O/c1-10(2)13-12(15)14(17(3)16-13)18-7-5-11(6-8-18)9-19-4/h10-11H,5-9,15H2,1-4H3. The van der Waals surface area contributed by atoms with Gasteiger partial charge in [0.25, 0.3) is 0 Å². The van der Waals surface area contributed by atoms with Gasteiger partial charge in [0.1, 0.15) is 5.82 Å². The van der Waals surface area contributed by atoms with Crippen LogP contribution in [0.3, 0.4) is 0 Å². The second-order valence-corrected chi connectivity index (χ2v) is 5.79. The van der Waals surface area contributed by atoms with Crippen LogP contribution in [-0.2, 0) is 11.8 Å². The molecule has 1 saturated heterocycles. The Labute approximate surface area is 115 Å². The number of piperidine rings is 1. The predicted octanol–water partition coefficient (Wildman–Crippen LogP) is 1.99. The third-order valence-corrected chi connectivity index (χ3v) is 3.94. The number of nitrogens with zero attached hydrogens (tertiary/aromatic N) is 3. The lowest BCUT2D eigenvalue weighted by atomic mass is 9.97. The number of anilines is 2. The van der Waals surface area contributed by atoms with Gasteiger partial charge in [0.15, 0.2) is 0 Å². The first-order chi connectivity index (χ1) is 9.04. The molecular weight excluding hydrogens is 240 g/mol. The highest BCUT2D eigenvalue weighted by Crippen LogP contribution is 2.33. The van der Waals surface area contributed by atoms with E-state index < -0.39 is 0 Å². The molecule has 0 spiro atoms. The van der Waals surface area contributed by atoms with E-state index in [0.29, 0.717) is 11.8 Å². The molecule has 2 N–H and O–H groups in total. The molecule has 1 aliphatic heterocycles. The van der Waals surface area contributed by atoms with Gasteiger partial charge < -0.3 is 15.4 Å². The zero-order valence-electron chi connectivity index (χ0n) is 12.5. The van der Waals surface area contributed by atoms with Crippen LogP contribution < -0.4 is 10.6 Å². The van der Waals surface area contributed by atoms with Gasteiger partial charge in [-0.2, -0.15) is 5.10 Å². The number of methoxy groups -OCH3 is 1. The molecule has 1 aromatic heterocycles. The molecule has 0 aliphatic carbocycles. The Morgan fingerprint density at radius 1 is 1.37 bits per heavy atom.